The minimum atomic E-state index is -4.75. The molecular formula is C39H42BrF3N10O5S. The highest BCUT2D eigenvalue weighted by Gasteiger charge is 2.40. The molecule has 0 bridgehead atoms. The van der Waals surface area contributed by atoms with Crippen LogP contribution in [0.15, 0.2) is 65.4 Å². The zero-order valence-corrected chi connectivity index (χ0v) is 34.8. The third-order valence-electron chi connectivity index (χ3n) is 10.9. The molecule has 0 saturated carbocycles. The third kappa shape index (κ3) is 9.28. The molecule has 3 aliphatic rings. The molecule has 3 aliphatic heterocycles. The highest BCUT2D eigenvalue weighted by Crippen LogP contribution is 2.36. The van der Waals surface area contributed by atoms with Crippen molar-refractivity contribution in [2.24, 2.45) is 0 Å². The second-order valence-electron chi connectivity index (χ2n) is 14.8. The molecule has 2 saturated heterocycles. The van der Waals surface area contributed by atoms with E-state index >= 15 is 0 Å². The topological polar surface area (TPSA) is 173 Å². The van der Waals surface area contributed by atoms with Gasteiger partial charge in [0.2, 0.25) is 27.8 Å². The van der Waals surface area contributed by atoms with Crippen LogP contribution in [0.1, 0.15) is 58.3 Å². The van der Waals surface area contributed by atoms with Crippen molar-refractivity contribution in [3.63, 3.8) is 0 Å². The second kappa shape index (κ2) is 16.7. The fraction of sp³-hybridized carbons (Fsp3) is 0.385. The van der Waals surface area contributed by atoms with Gasteiger partial charge in [0.15, 0.2) is 0 Å². The van der Waals surface area contributed by atoms with Gasteiger partial charge in [0, 0.05) is 91.6 Å². The normalized spacial score (nSPS) is 17.6. The maximum Gasteiger partial charge on any atom is 0.421 e. The Labute approximate surface area is 347 Å². The van der Waals surface area contributed by atoms with Crippen LogP contribution in [0.5, 0.6) is 0 Å². The lowest BCUT2D eigenvalue weighted by atomic mass is 10.0. The molecule has 4 aromatic rings. The van der Waals surface area contributed by atoms with Crippen molar-refractivity contribution in [3.8, 4) is 0 Å². The van der Waals surface area contributed by atoms with Crippen LogP contribution in [-0.2, 0) is 45.4 Å². The Morgan fingerprint density at radius 3 is 2.41 bits per heavy atom. The number of halogens is 4. The Bertz CT molecular complexity index is 2380. The van der Waals surface area contributed by atoms with Crippen molar-refractivity contribution in [1.29, 1.82) is 0 Å². The number of aromatic nitrogens is 3. The highest BCUT2D eigenvalue weighted by molar-refractivity contribution is 9.10. The van der Waals surface area contributed by atoms with Crippen molar-refractivity contribution in [1.82, 2.24) is 30.1 Å². The van der Waals surface area contributed by atoms with Crippen LogP contribution in [0.25, 0.3) is 0 Å². The van der Waals surface area contributed by atoms with Crippen molar-refractivity contribution in [2.45, 2.75) is 63.6 Å². The number of benzene rings is 2. The van der Waals surface area contributed by atoms with E-state index in [0.29, 0.717) is 48.6 Å². The first-order valence-electron chi connectivity index (χ1n) is 18.8. The summed E-state index contributed by atoms with van der Waals surface area (Å²) in [6.07, 6.45) is 0.660. The van der Waals surface area contributed by atoms with Gasteiger partial charge in [-0.15, -0.1) is 0 Å². The lowest BCUT2D eigenvalue weighted by molar-refractivity contribution is -0.138. The predicted octanol–water partition coefficient (Wildman–Crippen LogP) is 5.27. The molecule has 2 aromatic carbocycles. The van der Waals surface area contributed by atoms with E-state index in [2.05, 4.69) is 63.7 Å². The highest BCUT2D eigenvalue weighted by atomic mass is 79.9. The number of hydrogen-bond donors (Lipinski definition) is 3. The van der Waals surface area contributed by atoms with Gasteiger partial charge in [0.05, 0.1) is 6.26 Å². The summed E-state index contributed by atoms with van der Waals surface area (Å²) in [7, 11) is -0.279. The molecule has 1 atom stereocenters. The van der Waals surface area contributed by atoms with Crippen molar-refractivity contribution >= 4 is 72.6 Å². The molecule has 3 amide bonds. The summed E-state index contributed by atoms with van der Waals surface area (Å²) in [6.45, 7) is 2.38. The number of carbonyl (C=O) groups excluding carboxylic acids is 3. The number of piperidine rings is 2. The fourth-order valence-electron chi connectivity index (χ4n) is 7.58. The summed E-state index contributed by atoms with van der Waals surface area (Å²) >= 11 is 3.66. The summed E-state index contributed by atoms with van der Waals surface area (Å²) in [6, 6.07) is 14.1. The molecule has 3 N–H and O–H groups in total. The van der Waals surface area contributed by atoms with Crippen LogP contribution < -0.4 is 25.2 Å². The van der Waals surface area contributed by atoms with Gasteiger partial charge in [0.25, 0.3) is 5.91 Å². The summed E-state index contributed by atoms with van der Waals surface area (Å²) < 4.78 is 67.9. The van der Waals surface area contributed by atoms with Crippen LogP contribution >= 0.6 is 15.9 Å². The number of pyridine rings is 1. The molecule has 1 unspecified atom stereocenters. The zero-order chi connectivity index (χ0) is 42.2. The SMILES string of the molecule is CN(Cc1cc2c(cc1Br)C(=O)N(C1CCC(=O)NC1=O)C2)C1CCN(c2ccc(Nc3ncc(C(F)(F)F)c(NCc4cccnc4N(C)S(C)(=O)=O)n3)cc2)CC1. The standard InChI is InChI=1S/C39H42BrF3N10O5S/c1-50(21-25-17-24-22-53(37(56)29(24)18-31(25)40)32-10-11-33(54)48-36(32)55)27-12-15-52(16-13-27)28-8-6-26(7-9-28)47-38-46-20-30(39(41,42)43)34(49-38)45-19-23-5-4-14-44-35(23)51(2)59(3,57)58/h4-9,14,17-18,20,27,32H,10-13,15-16,19,21-22H2,1-3H3,(H,48,54,55)(H2,45,46,47,49). The molecule has 2 fully saturated rings. The van der Waals surface area contributed by atoms with Gasteiger partial charge < -0.3 is 20.4 Å². The number of alkyl halides is 3. The molecule has 59 heavy (non-hydrogen) atoms. The number of sulfonamides is 1. The summed E-state index contributed by atoms with van der Waals surface area (Å²) in [4.78, 5) is 55.6. The number of fused-ring (bicyclic) bond motifs is 1. The first kappa shape index (κ1) is 41.8. The number of imide groups is 1. The van der Waals surface area contributed by atoms with E-state index in [9.17, 15) is 36.0 Å². The molecule has 0 spiro atoms. The Kier molecular flexibility index (Phi) is 11.9. The quantitative estimate of drug-likeness (QED) is 0.158. The lowest BCUT2D eigenvalue weighted by Gasteiger charge is -2.38. The van der Waals surface area contributed by atoms with E-state index in [4.69, 9.17) is 0 Å². The average Bonchev–Trinajstić information content (AvgIpc) is 3.50. The van der Waals surface area contributed by atoms with Gasteiger partial charge in [-0.1, -0.05) is 28.1 Å². The van der Waals surface area contributed by atoms with Gasteiger partial charge >= 0.3 is 6.18 Å². The van der Waals surface area contributed by atoms with E-state index in [1.165, 1.54) is 13.2 Å². The Morgan fingerprint density at radius 1 is 1.00 bits per heavy atom. The number of nitrogens with one attached hydrogen (secondary N) is 3. The van der Waals surface area contributed by atoms with Gasteiger partial charge in [-0.3, -0.25) is 28.9 Å². The van der Waals surface area contributed by atoms with Crippen molar-refractivity contribution in [2.75, 3.05) is 53.3 Å². The Balaban J connectivity index is 0.948. The molecule has 0 radical (unpaired) electrons. The van der Waals surface area contributed by atoms with Crippen LogP contribution in [0, 0.1) is 0 Å². The van der Waals surface area contributed by atoms with E-state index in [1.807, 2.05) is 36.4 Å². The van der Waals surface area contributed by atoms with Crippen LogP contribution in [-0.4, -0.2) is 96.4 Å². The lowest BCUT2D eigenvalue weighted by Crippen LogP contribution is -2.52. The van der Waals surface area contributed by atoms with Crippen molar-refractivity contribution < 1.29 is 36.0 Å². The minimum Gasteiger partial charge on any atom is -0.371 e. The van der Waals surface area contributed by atoms with Gasteiger partial charge in [-0.25, -0.2) is 18.4 Å². The Hall–Kier alpha value is -5.34. The molecule has 7 rings (SSSR count). The molecule has 15 nitrogen and oxygen atoms in total. The minimum absolute atomic E-state index is 0.0648. The summed E-state index contributed by atoms with van der Waals surface area (Å²) in [5, 5.41) is 8.02. The van der Waals surface area contributed by atoms with Gasteiger partial charge in [-0.05, 0) is 73.8 Å². The monoisotopic (exact) mass is 898 g/mol. The number of hydrogen-bond acceptors (Lipinski definition) is 12. The number of nitrogens with zero attached hydrogens (tertiary/aromatic N) is 7. The third-order valence-corrected chi connectivity index (χ3v) is 12.8. The summed E-state index contributed by atoms with van der Waals surface area (Å²) in [5.74, 6) is -1.44. The van der Waals surface area contributed by atoms with Gasteiger partial charge in [0.1, 0.15) is 23.2 Å². The molecular weight excluding hydrogens is 857 g/mol. The van der Waals surface area contributed by atoms with E-state index in [0.717, 1.165) is 57.8 Å². The first-order valence-corrected chi connectivity index (χ1v) is 21.4. The molecule has 0 aliphatic carbocycles. The number of amides is 3. The second-order valence-corrected chi connectivity index (χ2v) is 17.7. The summed E-state index contributed by atoms with van der Waals surface area (Å²) in [5.41, 5.74) is 3.28. The van der Waals surface area contributed by atoms with E-state index < -0.39 is 39.5 Å². The largest absolute Gasteiger partial charge is 0.421 e. The first-order chi connectivity index (χ1) is 28.0. The van der Waals surface area contributed by atoms with Gasteiger partial charge in [-0.2, -0.15) is 18.2 Å². The van der Waals surface area contributed by atoms with E-state index in [1.54, 1.807) is 17.0 Å². The Morgan fingerprint density at radius 2 is 1.73 bits per heavy atom. The predicted molar refractivity (Wildman–Crippen MR) is 218 cm³/mol. The number of anilines is 5. The van der Waals surface area contributed by atoms with Crippen molar-refractivity contribution in [3.05, 3.63) is 93.2 Å². The maximum atomic E-state index is 14.0. The average molecular weight is 900 g/mol. The fourth-order valence-corrected chi connectivity index (χ4v) is 8.53. The maximum absolute atomic E-state index is 14.0. The molecule has 20 heteroatoms. The van der Waals surface area contributed by atoms with Crippen LogP contribution in [0.4, 0.5) is 42.1 Å². The molecule has 2 aromatic heterocycles. The molecule has 312 valence electrons. The zero-order valence-electron chi connectivity index (χ0n) is 32.4. The van der Waals surface area contributed by atoms with Crippen LogP contribution in [0.3, 0.4) is 0 Å². The smallest absolute Gasteiger partial charge is 0.371 e. The van der Waals surface area contributed by atoms with E-state index in [-0.39, 0.29) is 36.5 Å². The number of rotatable bonds is 12. The van der Waals surface area contributed by atoms with Crippen LogP contribution in [0.2, 0.25) is 0 Å². The molecule has 5 heterocycles. The number of carbonyl (C=O) groups is 3.